The van der Waals surface area contributed by atoms with Crippen molar-refractivity contribution in [3.8, 4) is 0 Å². The van der Waals surface area contributed by atoms with Crippen molar-refractivity contribution in [2.75, 3.05) is 20.2 Å². The van der Waals surface area contributed by atoms with Crippen LogP contribution in [0.25, 0.3) is 0 Å². The maximum absolute atomic E-state index is 11.7. The Bertz CT molecular complexity index is 226. The lowest BCUT2D eigenvalue weighted by Crippen LogP contribution is -2.43. The van der Waals surface area contributed by atoms with Crippen molar-refractivity contribution in [3.05, 3.63) is 25.3 Å². The summed E-state index contributed by atoms with van der Waals surface area (Å²) in [5, 5.41) is 0. The van der Waals surface area contributed by atoms with E-state index in [0.717, 1.165) is 6.42 Å². The fourth-order valence-corrected chi connectivity index (χ4v) is 1.64. The van der Waals surface area contributed by atoms with Crippen molar-refractivity contribution in [2.24, 2.45) is 5.92 Å². The van der Waals surface area contributed by atoms with Crippen LogP contribution in [0.15, 0.2) is 25.3 Å². The van der Waals surface area contributed by atoms with Crippen LogP contribution in [-0.2, 0) is 9.53 Å². The van der Waals surface area contributed by atoms with E-state index < -0.39 is 0 Å². The first-order valence-corrected chi connectivity index (χ1v) is 5.60. The molecule has 0 radical (unpaired) electrons. The minimum Gasteiger partial charge on any atom is -0.468 e. The Balaban J connectivity index is 4.70. The topological polar surface area (TPSA) is 29.5 Å². The van der Waals surface area contributed by atoms with E-state index in [2.05, 4.69) is 27.0 Å². The standard InChI is InChI=1S/C13H23NO2/c1-6-8-14(9-7-2)12(10-11(3)4)13(15)16-5/h6-7,11-12H,1-2,8-10H2,3-5H3/t12-/m0/s1. The Kier molecular flexibility index (Phi) is 7.56. The molecule has 0 saturated carbocycles. The van der Waals surface area contributed by atoms with Crippen LogP contribution in [0.4, 0.5) is 0 Å². The average Bonchev–Trinajstić information content (AvgIpc) is 2.24. The molecule has 0 amide bonds. The zero-order chi connectivity index (χ0) is 12.6. The molecular formula is C13H23NO2. The fourth-order valence-electron chi connectivity index (χ4n) is 1.64. The van der Waals surface area contributed by atoms with Crippen molar-refractivity contribution < 1.29 is 9.53 Å². The fraction of sp³-hybridized carbons (Fsp3) is 0.615. The third-order valence-corrected chi connectivity index (χ3v) is 2.34. The number of rotatable bonds is 8. The molecule has 16 heavy (non-hydrogen) atoms. The van der Waals surface area contributed by atoms with Gasteiger partial charge in [-0.2, -0.15) is 0 Å². The maximum atomic E-state index is 11.7. The lowest BCUT2D eigenvalue weighted by molar-refractivity contribution is -0.147. The highest BCUT2D eigenvalue weighted by Gasteiger charge is 2.25. The van der Waals surface area contributed by atoms with Crippen LogP contribution in [0.3, 0.4) is 0 Å². The summed E-state index contributed by atoms with van der Waals surface area (Å²) in [7, 11) is 1.43. The summed E-state index contributed by atoms with van der Waals surface area (Å²) < 4.78 is 4.84. The first-order chi connectivity index (χ1) is 7.56. The summed E-state index contributed by atoms with van der Waals surface area (Å²) in [4.78, 5) is 13.7. The van der Waals surface area contributed by atoms with Gasteiger partial charge >= 0.3 is 5.97 Å². The number of carbonyl (C=O) groups is 1. The molecule has 1 atom stereocenters. The van der Waals surface area contributed by atoms with Crippen molar-refractivity contribution >= 4 is 5.97 Å². The highest BCUT2D eigenvalue weighted by Crippen LogP contribution is 2.13. The summed E-state index contributed by atoms with van der Waals surface area (Å²) >= 11 is 0. The number of hydrogen-bond donors (Lipinski definition) is 0. The molecule has 0 aliphatic rings. The smallest absolute Gasteiger partial charge is 0.323 e. The molecule has 0 saturated heterocycles. The van der Waals surface area contributed by atoms with E-state index in [0.29, 0.717) is 19.0 Å². The Morgan fingerprint density at radius 2 is 1.81 bits per heavy atom. The molecule has 0 aliphatic carbocycles. The van der Waals surface area contributed by atoms with E-state index in [1.807, 2.05) is 4.90 Å². The van der Waals surface area contributed by atoms with Crippen LogP contribution < -0.4 is 0 Å². The van der Waals surface area contributed by atoms with Gasteiger partial charge in [0.25, 0.3) is 0 Å². The molecule has 0 bridgehead atoms. The Morgan fingerprint density at radius 1 is 1.31 bits per heavy atom. The van der Waals surface area contributed by atoms with Gasteiger partial charge in [0.15, 0.2) is 0 Å². The first kappa shape index (κ1) is 14.9. The van der Waals surface area contributed by atoms with Gasteiger partial charge in [-0.05, 0) is 12.3 Å². The largest absolute Gasteiger partial charge is 0.468 e. The zero-order valence-corrected chi connectivity index (χ0v) is 10.6. The molecular weight excluding hydrogens is 202 g/mol. The van der Waals surface area contributed by atoms with E-state index >= 15 is 0 Å². The van der Waals surface area contributed by atoms with Crippen LogP contribution in [0.1, 0.15) is 20.3 Å². The van der Waals surface area contributed by atoms with E-state index in [4.69, 9.17) is 4.74 Å². The molecule has 0 aliphatic heterocycles. The third kappa shape index (κ3) is 5.12. The number of hydrogen-bond acceptors (Lipinski definition) is 3. The van der Waals surface area contributed by atoms with Crippen molar-refractivity contribution in [1.82, 2.24) is 4.90 Å². The second kappa shape index (κ2) is 8.11. The van der Waals surface area contributed by atoms with Gasteiger partial charge < -0.3 is 4.74 Å². The second-order valence-corrected chi connectivity index (χ2v) is 4.20. The highest BCUT2D eigenvalue weighted by molar-refractivity contribution is 5.75. The molecule has 3 heteroatoms. The first-order valence-electron chi connectivity index (χ1n) is 5.60. The predicted octanol–water partition coefficient (Wildman–Crippen LogP) is 2.25. The van der Waals surface area contributed by atoms with E-state index in [9.17, 15) is 4.79 Å². The van der Waals surface area contributed by atoms with Crippen molar-refractivity contribution in [3.63, 3.8) is 0 Å². The Hall–Kier alpha value is -1.09. The molecule has 0 rings (SSSR count). The van der Waals surface area contributed by atoms with Crippen LogP contribution in [0.5, 0.6) is 0 Å². The van der Waals surface area contributed by atoms with Gasteiger partial charge in [-0.15, -0.1) is 13.2 Å². The second-order valence-electron chi connectivity index (χ2n) is 4.20. The number of methoxy groups -OCH3 is 1. The summed E-state index contributed by atoms with van der Waals surface area (Å²) in [5.74, 6) is 0.263. The third-order valence-electron chi connectivity index (χ3n) is 2.34. The maximum Gasteiger partial charge on any atom is 0.323 e. The van der Waals surface area contributed by atoms with E-state index in [-0.39, 0.29) is 12.0 Å². The van der Waals surface area contributed by atoms with Crippen LogP contribution in [0, 0.1) is 5.92 Å². The molecule has 0 aromatic carbocycles. The number of ether oxygens (including phenoxy) is 1. The van der Waals surface area contributed by atoms with Crippen LogP contribution >= 0.6 is 0 Å². The van der Waals surface area contributed by atoms with Crippen LogP contribution in [0.2, 0.25) is 0 Å². The molecule has 0 unspecified atom stereocenters. The van der Waals surface area contributed by atoms with Gasteiger partial charge in [-0.25, -0.2) is 0 Å². The average molecular weight is 225 g/mol. The molecule has 0 aromatic rings. The Morgan fingerprint density at radius 3 is 2.12 bits per heavy atom. The van der Waals surface area contributed by atoms with Gasteiger partial charge in [0.05, 0.1) is 7.11 Å². The summed E-state index contributed by atoms with van der Waals surface area (Å²) in [5.41, 5.74) is 0. The van der Waals surface area contributed by atoms with Gasteiger partial charge in [0, 0.05) is 13.1 Å². The molecule has 0 spiro atoms. The number of esters is 1. The van der Waals surface area contributed by atoms with Gasteiger partial charge in [-0.1, -0.05) is 26.0 Å². The normalized spacial score (nSPS) is 12.6. The quantitative estimate of drug-likeness (QED) is 0.469. The number of carbonyl (C=O) groups excluding carboxylic acids is 1. The minimum atomic E-state index is -0.207. The van der Waals surface area contributed by atoms with E-state index in [1.165, 1.54) is 7.11 Å². The number of nitrogens with zero attached hydrogens (tertiary/aromatic N) is 1. The molecule has 3 nitrogen and oxygen atoms in total. The monoisotopic (exact) mass is 225 g/mol. The van der Waals surface area contributed by atoms with Crippen molar-refractivity contribution in [2.45, 2.75) is 26.3 Å². The summed E-state index contributed by atoms with van der Waals surface area (Å²) in [6, 6.07) is -0.207. The molecule has 92 valence electrons. The predicted molar refractivity (Wildman–Crippen MR) is 67.2 cm³/mol. The highest BCUT2D eigenvalue weighted by atomic mass is 16.5. The summed E-state index contributed by atoms with van der Waals surface area (Å²) in [6.45, 7) is 12.9. The van der Waals surface area contributed by atoms with E-state index in [1.54, 1.807) is 12.2 Å². The van der Waals surface area contributed by atoms with Gasteiger partial charge in [0.1, 0.15) is 6.04 Å². The van der Waals surface area contributed by atoms with Gasteiger partial charge in [0.2, 0.25) is 0 Å². The SMILES string of the molecule is C=CCN(CC=C)[C@@H](CC(C)C)C(=O)OC. The minimum absolute atomic E-state index is 0.183. The van der Waals surface area contributed by atoms with Gasteiger partial charge in [-0.3, -0.25) is 9.69 Å². The Labute approximate surface area is 98.8 Å². The van der Waals surface area contributed by atoms with Crippen molar-refractivity contribution in [1.29, 1.82) is 0 Å². The summed E-state index contributed by atoms with van der Waals surface area (Å²) in [6.07, 6.45) is 4.37. The molecule has 0 N–H and O–H groups in total. The molecule has 0 fully saturated rings. The zero-order valence-electron chi connectivity index (χ0n) is 10.6. The molecule has 0 aromatic heterocycles. The lowest BCUT2D eigenvalue weighted by atomic mass is 10.0. The molecule has 0 heterocycles. The lowest BCUT2D eigenvalue weighted by Gasteiger charge is -2.28. The van der Waals surface area contributed by atoms with Crippen LogP contribution in [-0.4, -0.2) is 37.1 Å².